The maximum absolute atomic E-state index is 12.3. The van der Waals surface area contributed by atoms with Crippen LogP contribution >= 0.6 is 0 Å². The molecule has 0 aliphatic carbocycles. The van der Waals surface area contributed by atoms with Crippen LogP contribution in [0.15, 0.2) is 29.3 Å². The summed E-state index contributed by atoms with van der Waals surface area (Å²) < 4.78 is 36.3. The number of carbonyl (C=O) groups excluding carboxylic acids is 1. The molecule has 1 aliphatic rings. The molecule has 0 saturated heterocycles. The number of amides is 1. The maximum Gasteiger partial charge on any atom is 0.390 e. The molecular formula is C17H23F3N4O. The van der Waals surface area contributed by atoms with Gasteiger partial charge in [0, 0.05) is 38.8 Å². The van der Waals surface area contributed by atoms with Crippen molar-refractivity contribution in [3.8, 4) is 0 Å². The van der Waals surface area contributed by atoms with E-state index in [-0.39, 0.29) is 12.5 Å². The molecule has 1 aromatic rings. The Balaban J connectivity index is 1.68. The number of benzene rings is 1. The van der Waals surface area contributed by atoms with Gasteiger partial charge >= 0.3 is 6.18 Å². The Labute approximate surface area is 145 Å². The third kappa shape index (κ3) is 5.95. The van der Waals surface area contributed by atoms with E-state index in [0.717, 1.165) is 12.1 Å². The van der Waals surface area contributed by atoms with Gasteiger partial charge in [-0.05, 0) is 24.5 Å². The van der Waals surface area contributed by atoms with Gasteiger partial charge in [-0.15, -0.1) is 0 Å². The number of nitrogens with zero attached hydrogens (tertiary/aromatic N) is 2. The van der Waals surface area contributed by atoms with Gasteiger partial charge in [0.05, 0.1) is 6.42 Å². The molecule has 0 unspecified atom stereocenters. The van der Waals surface area contributed by atoms with Crippen LogP contribution in [-0.2, 0) is 11.2 Å². The van der Waals surface area contributed by atoms with Crippen LogP contribution in [0.4, 0.5) is 18.9 Å². The van der Waals surface area contributed by atoms with E-state index in [9.17, 15) is 18.0 Å². The Bertz CT molecular complexity index is 616. The minimum atomic E-state index is -4.19. The highest BCUT2D eigenvalue weighted by Crippen LogP contribution is 2.27. The smallest absolute Gasteiger partial charge is 0.356 e. The molecule has 0 fully saturated rings. The summed E-state index contributed by atoms with van der Waals surface area (Å²) in [7, 11) is 1.50. The van der Waals surface area contributed by atoms with E-state index in [0.29, 0.717) is 31.9 Å². The van der Waals surface area contributed by atoms with Crippen molar-refractivity contribution in [3.05, 3.63) is 29.8 Å². The molecule has 0 atom stereocenters. The topological polar surface area (TPSA) is 56.7 Å². The Hall–Kier alpha value is -2.25. The summed E-state index contributed by atoms with van der Waals surface area (Å²) >= 11 is 0. The molecule has 8 heteroatoms. The van der Waals surface area contributed by atoms with Gasteiger partial charge in [0.1, 0.15) is 0 Å². The number of hydrogen-bond acceptors (Lipinski definition) is 2. The molecule has 0 aromatic heterocycles. The van der Waals surface area contributed by atoms with Gasteiger partial charge in [0.25, 0.3) is 0 Å². The van der Waals surface area contributed by atoms with Gasteiger partial charge in [-0.1, -0.05) is 18.2 Å². The van der Waals surface area contributed by atoms with Crippen molar-refractivity contribution in [2.75, 3.05) is 31.6 Å². The van der Waals surface area contributed by atoms with Crippen molar-refractivity contribution in [1.29, 1.82) is 0 Å². The standard InChI is InChI=1S/C17H23F3N4O/c1-21-16(23-11-9-17(18,19)20)22-10-4-7-15(25)24-12-8-13-5-2-3-6-14(13)24/h2-3,5-6H,4,7-12H2,1H3,(H2,21,22,23). The molecule has 0 saturated carbocycles. The Morgan fingerprint density at radius 2 is 1.96 bits per heavy atom. The monoisotopic (exact) mass is 356 g/mol. The average Bonchev–Trinajstić information content (AvgIpc) is 3.00. The number of nitrogens with one attached hydrogen (secondary N) is 2. The van der Waals surface area contributed by atoms with Crippen molar-refractivity contribution in [3.63, 3.8) is 0 Å². The highest BCUT2D eigenvalue weighted by atomic mass is 19.4. The number of halogens is 3. The second-order valence-corrected chi connectivity index (χ2v) is 5.82. The summed E-state index contributed by atoms with van der Waals surface area (Å²) in [6.07, 6.45) is -3.28. The highest BCUT2D eigenvalue weighted by molar-refractivity contribution is 5.95. The Morgan fingerprint density at radius 3 is 2.68 bits per heavy atom. The van der Waals surface area contributed by atoms with Gasteiger partial charge in [0.2, 0.25) is 5.91 Å². The zero-order valence-electron chi connectivity index (χ0n) is 14.2. The number of fused-ring (bicyclic) bond motifs is 1. The maximum atomic E-state index is 12.3. The average molecular weight is 356 g/mol. The Morgan fingerprint density at radius 1 is 1.24 bits per heavy atom. The van der Waals surface area contributed by atoms with Gasteiger partial charge < -0.3 is 15.5 Å². The molecular weight excluding hydrogens is 333 g/mol. The van der Waals surface area contributed by atoms with Crippen molar-refractivity contribution in [2.45, 2.75) is 31.9 Å². The van der Waals surface area contributed by atoms with Crippen LogP contribution in [0.1, 0.15) is 24.8 Å². The van der Waals surface area contributed by atoms with Crippen molar-refractivity contribution < 1.29 is 18.0 Å². The molecule has 1 amide bonds. The van der Waals surface area contributed by atoms with Crippen LogP contribution in [-0.4, -0.2) is 44.7 Å². The number of hydrogen-bond donors (Lipinski definition) is 2. The minimum absolute atomic E-state index is 0.0618. The first-order valence-corrected chi connectivity index (χ1v) is 8.30. The van der Waals surface area contributed by atoms with Crippen LogP contribution in [0.5, 0.6) is 0 Å². The van der Waals surface area contributed by atoms with E-state index in [4.69, 9.17) is 0 Å². The fourth-order valence-electron chi connectivity index (χ4n) is 2.72. The molecule has 1 heterocycles. The summed E-state index contributed by atoms with van der Waals surface area (Å²) in [5.41, 5.74) is 2.16. The van der Waals surface area contributed by atoms with Crippen molar-refractivity contribution >= 4 is 17.6 Å². The number of aliphatic imine (C=N–C) groups is 1. The van der Waals surface area contributed by atoms with Crippen LogP contribution in [0.25, 0.3) is 0 Å². The van der Waals surface area contributed by atoms with E-state index in [1.54, 1.807) is 4.90 Å². The normalized spacial score (nSPS) is 14.4. The van der Waals surface area contributed by atoms with Crippen molar-refractivity contribution in [2.24, 2.45) is 4.99 Å². The Kier molecular flexibility index (Phi) is 6.66. The summed E-state index contributed by atoms with van der Waals surface area (Å²) in [6.45, 7) is 0.936. The van der Waals surface area contributed by atoms with Crippen molar-refractivity contribution in [1.82, 2.24) is 10.6 Å². The lowest BCUT2D eigenvalue weighted by Gasteiger charge is -2.17. The molecule has 1 aromatic carbocycles. The highest BCUT2D eigenvalue weighted by Gasteiger charge is 2.26. The van der Waals surface area contributed by atoms with Gasteiger partial charge in [0.15, 0.2) is 5.96 Å². The van der Waals surface area contributed by atoms with E-state index < -0.39 is 12.6 Å². The molecule has 0 bridgehead atoms. The number of carbonyl (C=O) groups is 1. The van der Waals surface area contributed by atoms with Crippen LogP contribution in [0, 0.1) is 0 Å². The summed E-state index contributed by atoms with van der Waals surface area (Å²) in [5, 5.41) is 5.53. The number of anilines is 1. The van der Waals surface area contributed by atoms with E-state index >= 15 is 0 Å². The summed E-state index contributed by atoms with van der Waals surface area (Å²) in [5.74, 6) is 0.370. The number of rotatable bonds is 6. The molecule has 138 valence electrons. The third-order valence-electron chi connectivity index (χ3n) is 3.97. The van der Waals surface area contributed by atoms with E-state index in [1.165, 1.54) is 12.6 Å². The lowest BCUT2D eigenvalue weighted by molar-refractivity contribution is -0.132. The molecule has 2 rings (SSSR count). The molecule has 5 nitrogen and oxygen atoms in total. The lowest BCUT2D eigenvalue weighted by Crippen LogP contribution is -2.39. The fraction of sp³-hybridized carbons (Fsp3) is 0.529. The second kappa shape index (κ2) is 8.73. The minimum Gasteiger partial charge on any atom is -0.356 e. The lowest BCUT2D eigenvalue weighted by atomic mass is 10.2. The number of guanidine groups is 1. The third-order valence-corrected chi connectivity index (χ3v) is 3.97. The zero-order chi connectivity index (χ0) is 18.3. The first kappa shape index (κ1) is 19.1. The summed E-state index contributed by atoms with van der Waals surface area (Å²) in [6, 6.07) is 7.86. The predicted octanol–water partition coefficient (Wildman–Crippen LogP) is 2.47. The predicted molar refractivity (Wildman–Crippen MR) is 91.8 cm³/mol. The van der Waals surface area contributed by atoms with Gasteiger partial charge in [-0.3, -0.25) is 9.79 Å². The van der Waals surface area contributed by atoms with Crippen LogP contribution in [0.3, 0.4) is 0 Å². The SMILES string of the molecule is CN=C(NCCCC(=O)N1CCc2ccccc21)NCCC(F)(F)F. The molecule has 2 N–H and O–H groups in total. The van der Waals surface area contributed by atoms with Crippen LogP contribution in [0.2, 0.25) is 0 Å². The van der Waals surface area contributed by atoms with Crippen LogP contribution < -0.4 is 15.5 Å². The first-order valence-electron chi connectivity index (χ1n) is 8.30. The fourth-order valence-corrected chi connectivity index (χ4v) is 2.72. The summed E-state index contributed by atoms with van der Waals surface area (Å²) in [4.78, 5) is 18.0. The molecule has 25 heavy (non-hydrogen) atoms. The van der Waals surface area contributed by atoms with Gasteiger partial charge in [-0.25, -0.2) is 0 Å². The largest absolute Gasteiger partial charge is 0.390 e. The number of alkyl halides is 3. The molecule has 0 radical (unpaired) electrons. The van der Waals surface area contributed by atoms with E-state index in [1.807, 2.05) is 24.3 Å². The molecule has 1 aliphatic heterocycles. The quantitative estimate of drug-likeness (QED) is 0.468. The van der Waals surface area contributed by atoms with Gasteiger partial charge in [-0.2, -0.15) is 13.2 Å². The second-order valence-electron chi connectivity index (χ2n) is 5.82. The number of para-hydroxylation sites is 1. The first-order chi connectivity index (χ1) is 11.9. The molecule has 0 spiro atoms. The zero-order valence-corrected chi connectivity index (χ0v) is 14.2. The van der Waals surface area contributed by atoms with E-state index in [2.05, 4.69) is 15.6 Å².